The van der Waals surface area contributed by atoms with Gasteiger partial charge in [-0.05, 0) is 43.2 Å². The minimum atomic E-state index is 0.410. The van der Waals surface area contributed by atoms with Crippen molar-refractivity contribution in [1.29, 1.82) is 0 Å². The highest BCUT2D eigenvalue weighted by Gasteiger charge is 2.10. The van der Waals surface area contributed by atoms with Crippen LogP contribution in [-0.4, -0.2) is 14.5 Å². The molecule has 20 heavy (non-hydrogen) atoms. The fourth-order valence-electron chi connectivity index (χ4n) is 2.34. The molecule has 0 bridgehead atoms. The van der Waals surface area contributed by atoms with Crippen molar-refractivity contribution in [2.75, 3.05) is 0 Å². The number of aryl methyl sites for hydroxylation is 2. The van der Waals surface area contributed by atoms with E-state index in [0.29, 0.717) is 5.88 Å². The van der Waals surface area contributed by atoms with Crippen LogP contribution in [-0.2, 0) is 12.4 Å². The molecule has 102 valence electrons. The maximum absolute atomic E-state index is 6.04. The monoisotopic (exact) mass is 285 g/mol. The van der Waals surface area contributed by atoms with Crippen molar-refractivity contribution in [3.8, 4) is 0 Å². The molecule has 0 saturated heterocycles. The largest absolute Gasteiger partial charge is 0.322 e. The molecule has 0 spiro atoms. The van der Waals surface area contributed by atoms with Gasteiger partial charge in [0.25, 0.3) is 0 Å². The minimum Gasteiger partial charge on any atom is -0.322 e. The van der Waals surface area contributed by atoms with E-state index >= 15 is 0 Å². The molecule has 0 aliphatic carbocycles. The van der Waals surface area contributed by atoms with Crippen LogP contribution in [0.15, 0.2) is 36.5 Å². The summed E-state index contributed by atoms with van der Waals surface area (Å²) < 4.78 is 2.17. The van der Waals surface area contributed by atoms with Gasteiger partial charge in [-0.2, -0.15) is 0 Å². The fourth-order valence-corrected chi connectivity index (χ4v) is 2.54. The normalized spacial score (nSPS) is 11.2. The van der Waals surface area contributed by atoms with E-state index in [-0.39, 0.29) is 0 Å². The predicted molar refractivity (Wildman–Crippen MR) is 82.1 cm³/mol. The number of nitrogens with zero attached hydrogens (tertiary/aromatic N) is 3. The lowest BCUT2D eigenvalue weighted by Crippen LogP contribution is -2.04. The molecule has 3 nitrogen and oxygen atoms in total. The molecular formula is C16H16ClN3. The Labute approximate surface area is 123 Å². The average molecular weight is 286 g/mol. The second-order valence-corrected chi connectivity index (χ2v) is 5.32. The molecule has 0 unspecified atom stereocenters. The van der Waals surface area contributed by atoms with Crippen LogP contribution >= 0.6 is 11.6 Å². The maximum atomic E-state index is 6.04. The Bertz CT molecular complexity index is 744. The van der Waals surface area contributed by atoms with Crippen LogP contribution in [0.2, 0.25) is 0 Å². The summed E-state index contributed by atoms with van der Waals surface area (Å²) in [5, 5.41) is 0. The highest BCUT2D eigenvalue weighted by molar-refractivity contribution is 6.16. The van der Waals surface area contributed by atoms with E-state index in [0.717, 1.165) is 34.7 Å². The summed E-state index contributed by atoms with van der Waals surface area (Å²) in [7, 11) is 0. The van der Waals surface area contributed by atoms with E-state index in [9.17, 15) is 0 Å². The first-order valence-electron chi connectivity index (χ1n) is 6.60. The highest BCUT2D eigenvalue weighted by atomic mass is 35.5. The van der Waals surface area contributed by atoms with Gasteiger partial charge in [0.05, 0.1) is 23.5 Å². The number of aromatic nitrogens is 3. The lowest BCUT2D eigenvalue weighted by Gasteiger charge is -2.08. The summed E-state index contributed by atoms with van der Waals surface area (Å²) in [6.07, 6.45) is 1.91. The zero-order chi connectivity index (χ0) is 14.1. The SMILES string of the molecule is Cc1ccc2nc(CCl)n(Cc3ccc(C)nc3)c2c1. The smallest absolute Gasteiger partial charge is 0.125 e. The number of rotatable bonds is 3. The first-order chi connectivity index (χ1) is 9.67. The number of imidazole rings is 1. The van der Waals surface area contributed by atoms with Crippen molar-refractivity contribution in [3.63, 3.8) is 0 Å². The molecule has 4 heteroatoms. The van der Waals surface area contributed by atoms with Crippen LogP contribution in [0.1, 0.15) is 22.6 Å². The van der Waals surface area contributed by atoms with Crippen LogP contribution in [0.25, 0.3) is 11.0 Å². The Hall–Kier alpha value is -1.87. The Balaban J connectivity index is 2.08. The van der Waals surface area contributed by atoms with Crippen molar-refractivity contribution in [2.45, 2.75) is 26.3 Å². The molecule has 0 fully saturated rings. The van der Waals surface area contributed by atoms with Crippen molar-refractivity contribution in [2.24, 2.45) is 0 Å². The zero-order valence-corrected chi connectivity index (χ0v) is 12.4. The van der Waals surface area contributed by atoms with Crippen molar-refractivity contribution in [3.05, 3.63) is 59.2 Å². The molecule has 2 heterocycles. The van der Waals surface area contributed by atoms with Gasteiger partial charge < -0.3 is 4.57 Å². The Morgan fingerprint density at radius 2 is 2.00 bits per heavy atom. The summed E-state index contributed by atoms with van der Waals surface area (Å²) in [5.41, 5.74) is 5.52. The van der Waals surface area contributed by atoms with Gasteiger partial charge in [0.2, 0.25) is 0 Å². The summed E-state index contributed by atoms with van der Waals surface area (Å²) in [6.45, 7) is 4.82. The standard InChI is InChI=1S/C16H16ClN3/c1-11-3-6-14-15(7-11)20(16(8-17)19-14)10-13-5-4-12(2)18-9-13/h3-7,9H,8,10H2,1-2H3. The van der Waals surface area contributed by atoms with Gasteiger partial charge in [-0.15, -0.1) is 11.6 Å². The van der Waals surface area contributed by atoms with Crippen LogP contribution in [0.4, 0.5) is 0 Å². The fraction of sp³-hybridized carbons (Fsp3) is 0.250. The average Bonchev–Trinajstić information content (AvgIpc) is 2.79. The second-order valence-electron chi connectivity index (χ2n) is 5.05. The third kappa shape index (κ3) is 2.41. The summed E-state index contributed by atoms with van der Waals surface area (Å²) in [6, 6.07) is 10.4. The molecule has 3 aromatic rings. The highest BCUT2D eigenvalue weighted by Crippen LogP contribution is 2.20. The number of hydrogen-bond acceptors (Lipinski definition) is 2. The van der Waals surface area contributed by atoms with Crippen LogP contribution < -0.4 is 0 Å². The van der Waals surface area contributed by atoms with Gasteiger partial charge in [0, 0.05) is 11.9 Å². The van der Waals surface area contributed by atoms with E-state index in [1.165, 1.54) is 5.56 Å². The molecule has 2 aromatic heterocycles. The third-order valence-corrected chi connectivity index (χ3v) is 3.65. The molecule has 0 N–H and O–H groups in total. The summed E-state index contributed by atoms with van der Waals surface area (Å²) in [5.74, 6) is 1.31. The molecule has 0 amide bonds. The maximum Gasteiger partial charge on any atom is 0.125 e. The Morgan fingerprint density at radius 3 is 2.70 bits per heavy atom. The summed E-state index contributed by atoms with van der Waals surface area (Å²) in [4.78, 5) is 8.94. The Morgan fingerprint density at radius 1 is 1.15 bits per heavy atom. The number of halogens is 1. The quantitative estimate of drug-likeness (QED) is 0.685. The molecule has 3 rings (SSSR count). The Kier molecular flexibility index (Phi) is 3.45. The van der Waals surface area contributed by atoms with Crippen molar-refractivity contribution < 1.29 is 0 Å². The number of hydrogen-bond donors (Lipinski definition) is 0. The van der Waals surface area contributed by atoms with Crippen LogP contribution in [0, 0.1) is 13.8 Å². The van der Waals surface area contributed by atoms with E-state index in [1.807, 2.05) is 25.3 Å². The topological polar surface area (TPSA) is 30.7 Å². The number of alkyl halides is 1. The number of benzene rings is 1. The van der Waals surface area contributed by atoms with Gasteiger partial charge in [0.15, 0.2) is 0 Å². The van der Waals surface area contributed by atoms with E-state index < -0.39 is 0 Å². The molecule has 0 aliphatic heterocycles. The first kappa shape index (κ1) is 13.1. The van der Waals surface area contributed by atoms with Crippen LogP contribution in [0.5, 0.6) is 0 Å². The molecule has 0 atom stereocenters. The van der Waals surface area contributed by atoms with E-state index in [2.05, 4.69) is 39.7 Å². The van der Waals surface area contributed by atoms with Crippen molar-refractivity contribution in [1.82, 2.24) is 14.5 Å². The van der Waals surface area contributed by atoms with Crippen LogP contribution in [0.3, 0.4) is 0 Å². The van der Waals surface area contributed by atoms with Gasteiger partial charge >= 0.3 is 0 Å². The van der Waals surface area contributed by atoms with Crippen molar-refractivity contribution >= 4 is 22.6 Å². The predicted octanol–water partition coefficient (Wildman–Crippen LogP) is 3.84. The molecular weight excluding hydrogens is 270 g/mol. The summed E-state index contributed by atoms with van der Waals surface area (Å²) >= 11 is 6.04. The van der Waals surface area contributed by atoms with E-state index in [1.54, 1.807) is 0 Å². The zero-order valence-electron chi connectivity index (χ0n) is 11.6. The van der Waals surface area contributed by atoms with Gasteiger partial charge in [-0.25, -0.2) is 4.98 Å². The molecule has 0 saturated carbocycles. The molecule has 0 radical (unpaired) electrons. The van der Waals surface area contributed by atoms with Gasteiger partial charge in [-0.1, -0.05) is 12.1 Å². The molecule has 1 aromatic carbocycles. The third-order valence-electron chi connectivity index (χ3n) is 3.42. The van der Waals surface area contributed by atoms with E-state index in [4.69, 9.17) is 11.6 Å². The minimum absolute atomic E-state index is 0.410. The van der Waals surface area contributed by atoms with Gasteiger partial charge in [0.1, 0.15) is 5.82 Å². The molecule has 0 aliphatic rings. The number of pyridine rings is 1. The first-order valence-corrected chi connectivity index (χ1v) is 7.14. The number of fused-ring (bicyclic) bond motifs is 1. The lowest BCUT2D eigenvalue weighted by atomic mass is 10.2. The lowest BCUT2D eigenvalue weighted by molar-refractivity contribution is 0.774. The second kappa shape index (κ2) is 5.25. The van der Waals surface area contributed by atoms with Gasteiger partial charge in [-0.3, -0.25) is 4.98 Å².